The minimum atomic E-state index is -0.263. The Labute approximate surface area is 176 Å². The Hall–Kier alpha value is -3.65. The van der Waals surface area contributed by atoms with E-state index in [0.717, 1.165) is 50.9 Å². The number of aromatic amines is 1. The van der Waals surface area contributed by atoms with Crippen molar-refractivity contribution in [2.75, 3.05) is 5.32 Å². The van der Waals surface area contributed by atoms with Gasteiger partial charge in [-0.25, -0.2) is 9.37 Å². The van der Waals surface area contributed by atoms with E-state index in [2.05, 4.69) is 24.0 Å². The van der Waals surface area contributed by atoms with Crippen LogP contribution in [0, 0.1) is 12.7 Å². The Balaban J connectivity index is 1.54. The zero-order valence-electron chi connectivity index (χ0n) is 16.1. The Bertz CT molecular complexity index is 1330. The molecule has 0 aliphatic heterocycles. The van der Waals surface area contributed by atoms with Crippen LogP contribution in [0.3, 0.4) is 0 Å². The summed E-state index contributed by atoms with van der Waals surface area (Å²) in [6, 6.07) is 18.1. The molecule has 0 radical (unpaired) electrons. The topological polar surface area (TPSA) is 79.4 Å². The molecule has 0 unspecified atom stereocenters. The molecule has 8 heteroatoms. The lowest BCUT2D eigenvalue weighted by Gasteiger charge is -2.04. The van der Waals surface area contributed by atoms with Gasteiger partial charge in [-0.05, 0) is 55.5 Å². The lowest BCUT2D eigenvalue weighted by Crippen LogP contribution is -2.01. The second-order valence-electron chi connectivity index (χ2n) is 6.90. The monoisotopic (exact) mass is 416 g/mol. The smallest absolute Gasteiger partial charge is 0.126 e. The fraction of sp³-hybridized carbons (Fsp3) is 0.0909. The van der Waals surface area contributed by atoms with Gasteiger partial charge in [-0.2, -0.15) is 8.75 Å². The maximum absolute atomic E-state index is 13.1. The number of rotatable bonds is 5. The van der Waals surface area contributed by atoms with Gasteiger partial charge in [0.25, 0.3) is 0 Å². The van der Waals surface area contributed by atoms with Crippen molar-refractivity contribution in [1.29, 1.82) is 0 Å². The zero-order valence-corrected chi connectivity index (χ0v) is 16.9. The molecule has 3 heterocycles. The number of hydrogen-bond acceptors (Lipinski definition) is 6. The first kappa shape index (κ1) is 18.4. The van der Waals surface area contributed by atoms with E-state index >= 15 is 0 Å². The van der Waals surface area contributed by atoms with Crippen LogP contribution in [-0.2, 0) is 6.54 Å². The molecule has 0 aliphatic carbocycles. The minimum absolute atomic E-state index is 0.263. The Kier molecular flexibility index (Phi) is 4.68. The van der Waals surface area contributed by atoms with Crippen LogP contribution in [-0.4, -0.2) is 23.7 Å². The van der Waals surface area contributed by atoms with Crippen LogP contribution in [0.1, 0.15) is 11.5 Å². The third-order valence-corrected chi connectivity index (χ3v) is 5.29. The second kappa shape index (κ2) is 7.64. The van der Waals surface area contributed by atoms with Crippen molar-refractivity contribution in [3.8, 4) is 22.6 Å². The second-order valence-corrected chi connectivity index (χ2v) is 7.43. The molecular weight excluding hydrogens is 399 g/mol. The highest BCUT2D eigenvalue weighted by molar-refractivity contribution is 7.00. The van der Waals surface area contributed by atoms with Crippen molar-refractivity contribution >= 4 is 28.4 Å². The zero-order chi connectivity index (χ0) is 20.5. The molecule has 0 bridgehead atoms. The summed E-state index contributed by atoms with van der Waals surface area (Å²) in [5.41, 5.74) is 6.87. The van der Waals surface area contributed by atoms with Crippen LogP contribution in [0.4, 0.5) is 10.1 Å². The van der Waals surface area contributed by atoms with Crippen molar-refractivity contribution < 1.29 is 4.39 Å². The van der Waals surface area contributed by atoms with Gasteiger partial charge in [0.1, 0.15) is 22.7 Å². The largest absolute Gasteiger partial charge is 0.378 e. The Morgan fingerprint density at radius 2 is 1.80 bits per heavy atom. The fourth-order valence-corrected chi connectivity index (χ4v) is 3.78. The van der Waals surface area contributed by atoms with Gasteiger partial charge in [0.15, 0.2) is 0 Å². The van der Waals surface area contributed by atoms with E-state index in [9.17, 15) is 4.39 Å². The van der Waals surface area contributed by atoms with Crippen LogP contribution >= 0.6 is 11.7 Å². The van der Waals surface area contributed by atoms with Gasteiger partial charge in [0.05, 0.1) is 35.4 Å². The van der Waals surface area contributed by atoms with Crippen molar-refractivity contribution in [3.05, 3.63) is 78.0 Å². The molecule has 2 aromatic carbocycles. The highest BCUT2D eigenvalue weighted by atomic mass is 32.1. The SMILES string of the molecule is Cc1cccc(-c2[nH]c(CNc3ccc(F)cc3)nc2-c2ccc3nsnc3c2)n1. The lowest BCUT2D eigenvalue weighted by atomic mass is 10.1. The molecule has 0 aliphatic rings. The number of aryl methyl sites for hydroxylation is 1. The summed E-state index contributed by atoms with van der Waals surface area (Å²) in [5.74, 6) is 0.490. The molecule has 0 spiro atoms. The molecule has 0 amide bonds. The molecule has 0 atom stereocenters. The fourth-order valence-electron chi connectivity index (χ4n) is 3.27. The minimum Gasteiger partial charge on any atom is -0.378 e. The first-order chi connectivity index (χ1) is 14.7. The molecule has 2 N–H and O–H groups in total. The average Bonchev–Trinajstić information content (AvgIpc) is 3.40. The van der Waals surface area contributed by atoms with Gasteiger partial charge in [-0.1, -0.05) is 12.1 Å². The number of imidazole rings is 1. The maximum atomic E-state index is 13.1. The normalized spacial score (nSPS) is 11.1. The maximum Gasteiger partial charge on any atom is 0.126 e. The predicted octanol–water partition coefficient (Wildman–Crippen LogP) is 5.20. The van der Waals surface area contributed by atoms with Crippen LogP contribution in [0.15, 0.2) is 60.7 Å². The number of aromatic nitrogens is 5. The van der Waals surface area contributed by atoms with Crippen molar-refractivity contribution in [2.24, 2.45) is 0 Å². The summed E-state index contributed by atoms with van der Waals surface area (Å²) in [4.78, 5) is 12.9. The molecule has 148 valence electrons. The highest BCUT2D eigenvalue weighted by Gasteiger charge is 2.16. The molecule has 5 rings (SSSR count). The third-order valence-electron chi connectivity index (χ3n) is 4.73. The summed E-state index contributed by atoms with van der Waals surface area (Å²) < 4.78 is 21.8. The molecule has 5 aromatic rings. The van der Waals surface area contributed by atoms with Crippen LogP contribution in [0.5, 0.6) is 0 Å². The van der Waals surface area contributed by atoms with Crippen LogP contribution in [0.25, 0.3) is 33.7 Å². The van der Waals surface area contributed by atoms with E-state index in [1.165, 1.54) is 23.9 Å². The van der Waals surface area contributed by atoms with Gasteiger partial charge < -0.3 is 10.3 Å². The van der Waals surface area contributed by atoms with E-state index in [4.69, 9.17) is 4.98 Å². The summed E-state index contributed by atoms with van der Waals surface area (Å²) in [6.07, 6.45) is 0. The van der Waals surface area contributed by atoms with E-state index in [1.807, 2.05) is 43.3 Å². The number of pyridine rings is 1. The van der Waals surface area contributed by atoms with Gasteiger partial charge in [-0.3, -0.25) is 4.98 Å². The summed E-state index contributed by atoms with van der Waals surface area (Å²) in [7, 11) is 0. The van der Waals surface area contributed by atoms with Crippen LogP contribution in [0.2, 0.25) is 0 Å². The van der Waals surface area contributed by atoms with E-state index in [0.29, 0.717) is 6.54 Å². The molecular formula is C22H17FN6S. The number of nitrogens with one attached hydrogen (secondary N) is 2. The highest BCUT2D eigenvalue weighted by Crippen LogP contribution is 2.31. The standard InChI is InChI=1S/C22H17FN6S/c1-13-3-2-4-18(25-13)22-21(14-5-10-17-19(11-14)29-30-28-17)26-20(27-22)12-24-16-8-6-15(23)7-9-16/h2-11,24H,12H2,1H3,(H,26,27). The van der Waals surface area contributed by atoms with Gasteiger partial charge in [-0.15, -0.1) is 0 Å². The number of nitrogens with zero attached hydrogens (tertiary/aromatic N) is 4. The third kappa shape index (κ3) is 3.65. The molecule has 6 nitrogen and oxygen atoms in total. The van der Waals surface area contributed by atoms with Crippen molar-refractivity contribution in [1.82, 2.24) is 23.7 Å². The van der Waals surface area contributed by atoms with Crippen molar-refractivity contribution in [2.45, 2.75) is 13.5 Å². The first-order valence-electron chi connectivity index (χ1n) is 9.41. The van der Waals surface area contributed by atoms with Gasteiger partial charge in [0.2, 0.25) is 0 Å². The van der Waals surface area contributed by atoms with Crippen molar-refractivity contribution in [3.63, 3.8) is 0 Å². The van der Waals surface area contributed by atoms with E-state index in [-0.39, 0.29) is 5.82 Å². The molecule has 0 saturated carbocycles. The quantitative estimate of drug-likeness (QED) is 0.411. The van der Waals surface area contributed by atoms with E-state index in [1.54, 1.807) is 12.1 Å². The number of fused-ring (bicyclic) bond motifs is 1. The van der Waals surface area contributed by atoms with Crippen LogP contribution < -0.4 is 5.32 Å². The van der Waals surface area contributed by atoms with E-state index < -0.39 is 0 Å². The number of halogens is 1. The molecule has 3 aromatic heterocycles. The first-order valence-corrected chi connectivity index (χ1v) is 10.1. The average molecular weight is 416 g/mol. The summed E-state index contributed by atoms with van der Waals surface area (Å²) in [5, 5.41) is 3.27. The number of benzene rings is 2. The lowest BCUT2D eigenvalue weighted by molar-refractivity contribution is 0.628. The summed E-state index contributed by atoms with van der Waals surface area (Å²) in [6.45, 7) is 2.43. The Morgan fingerprint density at radius 3 is 2.63 bits per heavy atom. The molecule has 0 fully saturated rings. The predicted molar refractivity (Wildman–Crippen MR) is 117 cm³/mol. The number of H-pyrrole nitrogens is 1. The van der Waals surface area contributed by atoms with Gasteiger partial charge >= 0.3 is 0 Å². The number of anilines is 1. The molecule has 30 heavy (non-hydrogen) atoms. The summed E-state index contributed by atoms with van der Waals surface area (Å²) >= 11 is 1.19. The van der Waals surface area contributed by atoms with Gasteiger partial charge in [0, 0.05) is 16.9 Å². The molecule has 0 saturated heterocycles. The Morgan fingerprint density at radius 1 is 0.967 bits per heavy atom. The number of hydrogen-bond donors (Lipinski definition) is 2.